The van der Waals surface area contributed by atoms with E-state index in [1.54, 1.807) is 0 Å². The summed E-state index contributed by atoms with van der Waals surface area (Å²) in [4.78, 5) is 0. The third kappa shape index (κ3) is 21.3. The van der Waals surface area contributed by atoms with Gasteiger partial charge in [-0.2, -0.15) is 0 Å². The summed E-state index contributed by atoms with van der Waals surface area (Å²) in [6.45, 7) is -0.0694. The number of ether oxygens (including phenoxy) is 2. The van der Waals surface area contributed by atoms with Gasteiger partial charge < -0.3 is 35.0 Å². The molecule has 2 aliphatic heterocycles. The molecule has 2 rings (SSSR count). The minimum absolute atomic E-state index is 0. The summed E-state index contributed by atoms with van der Waals surface area (Å²) in [6.07, 6.45) is -1.02. The van der Waals surface area contributed by atoms with Crippen LogP contribution in [0.25, 0.3) is 0 Å². The van der Waals surface area contributed by atoms with Crippen molar-refractivity contribution in [1.29, 1.82) is 0 Å². The Morgan fingerprint density at radius 2 is 1.17 bits per heavy atom. The second-order valence-corrected chi connectivity index (χ2v) is 3.23. The fourth-order valence-corrected chi connectivity index (χ4v) is 0.377. The van der Waals surface area contributed by atoms with Gasteiger partial charge in [-0.3, -0.25) is 0 Å². The van der Waals surface area contributed by atoms with E-state index < -0.39 is 19.3 Å². The number of aliphatic hydroxyl groups is 1. The van der Waals surface area contributed by atoms with Crippen LogP contribution in [0, 0.1) is 0 Å². The molecule has 0 saturated carbocycles. The predicted molar refractivity (Wildman–Crippen MR) is 45.0 cm³/mol. The van der Waals surface area contributed by atoms with Crippen LogP contribution in [0.4, 0.5) is 0 Å². The fraction of sp³-hybridized carbons (Fsp3) is 1.00. The molecule has 0 aromatic rings. The van der Waals surface area contributed by atoms with Crippen molar-refractivity contribution in [2.45, 2.75) is 18.3 Å². The van der Waals surface area contributed by atoms with Gasteiger partial charge in [-0.1, -0.05) is 0 Å². The van der Waals surface area contributed by atoms with Crippen LogP contribution in [0.1, 0.15) is 0 Å². The Hall–Kier alpha value is 2.99. The van der Waals surface area contributed by atoms with Crippen LogP contribution in [0.3, 0.4) is 0 Å². The van der Waals surface area contributed by atoms with Crippen LogP contribution in [-0.4, -0.2) is 63.1 Å². The molecule has 2 unspecified atom stereocenters. The van der Waals surface area contributed by atoms with Crippen LogP contribution < -0.4 is 123 Å². The van der Waals surface area contributed by atoms with Gasteiger partial charge in [0.15, 0.2) is 0 Å². The largest absolute Gasteiger partial charge is 1.00 e. The molecule has 0 aliphatic carbocycles. The summed E-state index contributed by atoms with van der Waals surface area (Å²) in [5.74, 6) is 0. The van der Waals surface area contributed by atoms with Gasteiger partial charge >= 0.3 is 103 Å². The number of hydrogen-bond donors (Lipinski definition) is 1. The van der Waals surface area contributed by atoms with Gasteiger partial charge in [0.2, 0.25) is 0 Å². The van der Waals surface area contributed by atoms with Crippen molar-refractivity contribution in [2.75, 3.05) is 39.6 Å². The van der Waals surface area contributed by atoms with Gasteiger partial charge in [0.05, 0.1) is 25.4 Å². The predicted octanol–water partition coefficient (Wildman–Crippen LogP) is -11.4. The molecular weight excluding hydrogens is 298 g/mol. The molecule has 0 aromatic heterocycles. The number of hydrogen-bond acceptors (Lipinski definition) is 7. The van der Waals surface area contributed by atoms with Crippen molar-refractivity contribution in [3.63, 3.8) is 0 Å². The van der Waals surface area contributed by atoms with Crippen molar-refractivity contribution in [3.05, 3.63) is 0 Å². The van der Waals surface area contributed by atoms with Gasteiger partial charge in [0, 0.05) is 6.10 Å². The third-order valence-electron chi connectivity index (χ3n) is 1.56. The van der Waals surface area contributed by atoms with Crippen molar-refractivity contribution in [1.82, 2.24) is 0 Å². The quantitative estimate of drug-likeness (QED) is 0.401. The van der Waals surface area contributed by atoms with Crippen LogP contribution in [0.15, 0.2) is 0 Å². The smallest absolute Gasteiger partial charge is 0.853 e. The Balaban J connectivity index is -0.000000178. The summed E-state index contributed by atoms with van der Waals surface area (Å²) in [5.41, 5.74) is 0. The molecule has 98 valence electrons. The first-order chi connectivity index (χ1) is 7.67. The fourth-order valence-electron chi connectivity index (χ4n) is 0.377. The molecule has 2 aliphatic rings. The molecule has 18 heavy (non-hydrogen) atoms. The zero-order valence-electron chi connectivity index (χ0n) is 10.9. The Kier molecular flexibility index (Phi) is 26.0. The van der Waals surface area contributed by atoms with E-state index in [2.05, 4.69) is 9.47 Å². The zero-order chi connectivity index (χ0) is 12.4. The van der Waals surface area contributed by atoms with Gasteiger partial charge in [0.1, 0.15) is 0 Å². The van der Waals surface area contributed by atoms with Gasteiger partial charge in [-0.15, -0.1) is 26.4 Å². The van der Waals surface area contributed by atoms with E-state index >= 15 is 0 Å². The molecule has 0 radical (unpaired) electrons. The number of epoxide rings is 2. The van der Waals surface area contributed by atoms with E-state index in [0.717, 1.165) is 0 Å². The molecule has 7 nitrogen and oxygen atoms in total. The molecule has 0 aromatic carbocycles. The first-order valence-corrected chi connectivity index (χ1v) is 4.91. The van der Waals surface area contributed by atoms with E-state index in [9.17, 15) is 20.4 Å². The van der Waals surface area contributed by atoms with Gasteiger partial charge in [0.25, 0.3) is 0 Å². The first-order valence-electron chi connectivity index (χ1n) is 4.91. The van der Waals surface area contributed by atoms with Crippen molar-refractivity contribution in [2.24, 2.45) is 0 Å². The molecule has 2 heterocycles. The zero-order valence-corrected chi connectivity index (χ0v) is 17.1. The summed E-state index contributed by atoms with van der Waals surface area (Å²) < 4.78 is 9.09. The molecule has 0 bridgehead atoms. The monoisotopic (exact) mass is 314 g/mol. The van der Waals surface area contributed by atoms with Crippen LogP contribution in [0.2, 0.25) is 0 Å². The summed E-state index contributed by atoms with van der Waals surface area (Å²) in [7, 11) is 0. The normalized spacial score (nSPS) is 22.3. The standard InChI is InChI=1S/C3H6O3.2C3H5O2.2K/c4-1-3(6)2-5;2*4-1-3-2-5-3;;/h3,6H,1-2H2;2*3H,1-2H2;;/q-2;2*-1;2*+1. The number of rotatable bonds is 4. The SMILES string of the molecule is [K+].[K+].[O-]CC(O)C[O-].[O-]CC1CO1.[O-]CC1CO1. The van der Waals surface area contributed by atoms with Crippen LogP contribution in [-0.2, 0) is 9.47 Å². The molecular formula is C9H16K2O7-2. The van der Waals surface area contributed by atoms with Crippen LogP contribution in [0.5, 0.6) is 0 Å². The molecule has 0 spiro atoms. The second kappa shape index (κ2) is 18.0. The Morgan fingerprint density at radius 1 is 0.889 bits per heavy atom. The maximum absolute atomic E-state index is 9.57. The van der Waals surface area contributed by atoms with Gasteiger partial charge in [-0.25, -0.2) is 0 Å². The minimum Gasteiger partial charge on any atom is -0.853 e. The van der Waals surface area contributed by atoms with E-state index in [4.69, 9.17) is 5.11 Å². The summed E-state index contributed by atoms with van der Waals surface area (Å²) in [6, 6.07) is 0. The summed E-state index contributed by atoms with van der Waals surface area (Å²) in [5, 5.41) is 46.0. The van der Waals surface area contributed by atoms with E-state index in [0.29, 0.717) is 13.2 Å². The average molecular weight is 314 g/mol. The first kappa shape index (κ1) is 25.9. The average Bonchev–Trinajstić information content (AvgIpc) is 3.23. The Labute approximate surface area is 192 Å². The maximum atomic E-state index is 9.57. The third-order valence-corrected chi connectivity index (χ3v) is 1.56. The molecule has 2 atom stereocenters. The maximum Gasteiger partial charge on any atom is 1.00 e. The Bertz CT molecular complexity index is 140. The van der Waals surface area contributed by atoms with E-state index in [-0.39, 0.29) is 128 Å². The molecule has 2 saturated heterocycles. The van der Waals surface area contributed by atoms with E-state index in [1.165, 1.54) is 0 Å². The minimum atomic E-state index is -1.18. The molecule has 1 N–H and O–H groups in total. The van der Waals surface area contributed by atoms with Crippen molar-refractivity contribution >= 4 is 0 Å². The Morgan fingerprint density at radius 3 is 1.17 bits per heavy atom. The van der Waals surface area contributed by atoms with Gasteiger partial charge in [-0.05, 0) is 0 Å². The van der Waals surface area contributed by atoms with Crippen LogP contribution >= 0.6 is 0 Å². The van der Waals surface area contributed by atoms with Crippen molar-refractivity contribution < 1.29 is 138 Å². The van der Waals surface area contributed by atoms with E-state index in [1.807, 2.05) is 0 Å². The van der Waals surface area contributed by atoms with Crippen molar-refractivity contribution in [3.8, 4) is 0 Å². The number of aliphatic hydroxyl groups excluding tert-OH is 1. The molecule has 0 amide bonds. The molecule has 2 fully saturated rings. The molecule has 9 heteroatoms. The second-order valence-electron chi connectivity index (χ2n) is 3.23. The summed E-state index contributed by atoms with van der Waals surface area (Å²) >= 11 is 0. The topological polar surface area (TPSA) is 138 Å².